The number of rotatable bonds is 3. The number of halogens is 1. The van der Waals surface area contributed by atoms with E-state index in [9.17, 15) is 9.18 Å². The first-order chi connectivity index (χ1) is 8.63. The number of carbonyl (C=O) groups excluding carboxylic acids is 1. The second kappa shape index (κ2) is 5.48. The second-order valence-electron chi connectivity index (χ2n) is 4.76. The number of benzene rings is 1. The van der Waals surface area contributed by atoms with Gasteiger partial charge in [-0.3, -0.25) is 4.79 Å². The highest BCUT2D eigenvalue weighted by molar-refractivity contribution is 5.97. The van der Waals surface area contributed by atoms with Crippen LogP contribution in [-0.2, 0) is 4.79 Å². The van der Waals surface area contributed by atoms with Gasteiger partial charge in [-0.2, -0.15) is 0 Å². The number of nitrogens with one attached hydrogen (secondary N) is 1. The first kappa shape index (κ1) is 13.0. The lowest BCUT2D eigenvalue weighted by atomic mass is 10.0. The summed E-state index contributed by atoms with van der Waals surface area (Å²) in [6.45, 7) is 5.50. The van der Waals surface area contributed by atoms with Crippen molar-refractivity contribution >= 4 is 11.6 Å². The van der Waals surface area contributed by atoms with Gasteiger partial charge in [0.25, 0.3) is 0 Å². The van der Waals surface area contributed by atoms with E-state index in [0.29, 0.717) is 12.5 Å². The van der Waals surface area contributed by atoms with E-state index in [0.717, 1.165) is 18.7 Å². The zero-order chi connectivity index (χ0) is 13.1. The van der Waals surface area contributed by atoms with Crippen LogP contribution in [0.4, 0.5) is 10.1 Å². The molecule has 0 aromatic heterocycles. The molecule has 0 saturated carbocycles. The molecule has 1 heterocycles. The molecule has 0 radical (unpaired) electrons. The zero-order valence-electron chi connectivity index (χ0n) is 10.8. The maximum atomic E-state index is 12.9. The van der Waals surface area contributed by atoms with E-state index in [1.165, 1.54) is 12.1 Å². The lowest BCUT2D eigenvalue weighted by Gasteiger charge is -2.26. The molecule has 1 fully saturated rings. The van der Waals surface area contributed by atoms with Gasteiger partial charge in [0.05, 0.1) is 6.04 Å². The van der Waals surface area contributed by atoms with Gasteiger partial charge in [-0.25, -0.2) is 4.39 Å². The third-order valence-electron chi connectivity index (χ3n) is 3.52. The Balaban J connectivity index is 2.17. The predicted molar refractivity (Wildman–Crippen MR) is 70.0 cm³/mol. The molecule has 18 heavy (non-hydrogen) atoms. The molecule has 1 aromatic carbocycles. The van der Waals surface area contributed by atoms with Crippen molar-refractivity contribution in [3.63, 3.8) is 0 Å². The summed E-state index contributed by atoms with van der Waals surface area (Å²) >= 11 is 0. The van der Waals surface area contributed by atoms with E-state index in [4.69, 9.17) is 0 Å². The molecule has 2 atom stereocenters. The standard InChI is InChI=1S/C14H19FN2O/c1-3-17(12-6-4-11(15)5-7-12)14(18)13-10(2)8-9-16-13/h4-7,10,13,16H,3,8-9H2,1-2H3. The molecular weight excluding hydrogens is 231 g/mol. The van der Waals surface area contributed by atoms with Crippen LogP contribution in [0.15, 0.2) is 24.3 Å². The Kier molecular flexibility index (Phi) is 3.97. The van der Waals surface area contributed by atoms with Gasteiger partial charge in [-0.1, -0.05) is 6.92 Å². The molecule has 1 saturated heterocycles. The van der Waals surface area contributed by atoms with Crippen molar-refractivity contribution in [3.8, 4) is 0 Å². The Hall–Kier alpha value is -1.42. The van der Waals surface area contributed by atoms with Crippen molar-refractivity contribution in [3.05, 3.63) is 30.1 Å². The Morgan fingerprint density at radius 3 is 2.61 bits per heavy atom. The topological polar surface area (TPSA) is 32.3 Å². The van der Waals surface area contributed by atoms with E-state index < -0.39 is 0 Å². The monoisotopic (exact) mass is 250 g/mol. The van der Waals surface area contributed by atoms with E-state index >= 15 is 0 Å². The van der Waals surface area contributed by atoms with Crippen molar-refractivity contribution in [2.45, 2.75) is 26.3 Å². The van der Waals surface area contributed by atoms with Crippen molar-refractivity contribution in [1.29, 1.82) is 0 Å². The van der Waals surface area contributed by atoms with Crippen LogP contribution in [0.5, 0.6) is 0 Å². The van der Waals surface area contributed by atoms with Crippen molar-refractivity contribution in [1.82, 2.24) is 5.32 Å². The number of hydrogen-bond donors (Lipinski definition) is 1. The van der Waals surface area contributed by atoms with Gasteiger partial charge >= 0.3 is 0 Å². The number of nitrogens with zero attached hydrogens (tertiary/aromatic N) is 1. The first-order valence-electron chi connectivity index (χ1n) is 6.43. The normalized spacial score (nSPS) is 23.1. The molecule has 2 unspecified atom stereocenters. The molecule has 0 aliphatic carbocycles. The Bertz CT molecular complexity index is 418. The molecule has 0 bridgehead atoms. The van der Waals surface area contributed by atoms with E-state index in [1.54, 1.807) is 17.0 Å². The van der Waals surface area contributed by atoms with Crippen LogP contribution in [0.25, 0.3) is 0 Å². The number of hydrogen-bond acceptors (Lipinski definition) is 2. The molecule has 1 N–H and O–H groups in total. The summed E-state index contributed by atoms with van der Waals surface area (Å²) in [5.41, 5.74) is 0.754. The predicted octanol–water partition coefficient (Wildman–Crippen LogP) is 2.18. The van der Waals surface area contributed by atoms with Gasteiger partial charge in [0.15, 0.2) is 0 Å². The van der Waals surface area contributed by atoms with Crippen molar-refractivity contribution in [2.24, 2.45) is 5.92 Å². The van der Waals surface area contributed by atoms with Crippen LogP contribution < -0.4 is 10.2 Å². The summed E-state index contributed by atoms with van der Waals surface area (Å²) in [5, 5.41) is 3.24. The highest BCUT2D eigenvalue weighted by Gasteiger charge is 2.32. The highest BCUT2D eigenvalue weighted by Crippen LogP contribution is 2.21. The van der Waals surface area contributed by atoms with Gasteiger partial charge in [0.2, 0.25) is 5.91 Å². The largest absolute Gasteiger partial charge is 0.311 e. The Morgan fingerprint density at radius 2 is 2.11 bits per heavy atom. The molecule has 0 spiro atoms. The zero-order valence-corrected chi connectivity index (χ0v) is 10.8. The van der Waals surface area contributed by atoms with Gasteiger partial charge in [-0.15, -0.1) is 0 Å². The van der Waals surface area contributed by atoms with Gasteiger partial charge < -0.3 is 10.2 Å². The molecule has 1 aliphatic rings. The average Bonchev–Trinajstić information content (AvgIpc) is 2.78. The maximum absolute atomic E-state index is 12.9. The van der Waals surface area contributed by atoms with Crippen molar-refractivity contribution in [2.75, 3.05) is 18.0 Å². The minimum atomic E-state index is -0.283. The summed E-state index contributed by atoms with van der Waals surface area (Å²) in [6, 6.07) is 5.95. The quantitative estimate of drug-likeness (QED) is 0.891. The number of amides is 1. The molecule has 2 rings (SSSR count). The highest BCUT2D eigenvalue weighted by atomic mass is 19.1. The van der Waals surface area contributed by atoms with Gasteiger partial charge in [0.1, 0.15) is 5.82 Å². The maximum Gasteiger partial charge on any atom is 0.244 e. The first-order valence-corrected chi connectivity index (χ1v) is 6.43. The minimum Gasteiger partial charge on any atom is -0.311 e. The third kappa shape index (κ3) is 2.53. The number of likely N-dealkylation sites (N-methyl/N-ethyl adjacent to an activating group) is 1. The summed E-state index contributed by atoms with van der Waals surface area (Å²) < 4.78 is 12.9. The van der Waals surface area contributed by atoms with Crippen LogP contribution in [0.3, 0.4) is 0 Å². The smallest absolute Gasteiger partial charge is 0.244 e. The summed E-state index contributed by atoms with van der Waals surface area (Å²) in [4.78, 5) is 14.1. The molecule has 4 heteroatoms. The van der Waals surface area contributed by atoms with Crippen LogP contribution >= 0.6 is 0 Å². The molecule has 3 nitrogen and oxygen atoms in total. The lowest BCUT2D eigenvalue weighted by molar-refractivity contribution is -0.121. The van der Waals surface area contributed by atoms with Gasteiger partial charge in [-0.05, 0) is 50.1 Å². The number of anilines is 1. The molecule has 1 aliphatic heterocycles. The van der Waals surface area contributed by atoms with E-state index in [-0.39, 0.29) is 17.8 Å². The van der Waals surface area contributed by atoms with Gasteiger partial charge in [0, 0.05) is 12.2 Å². The van der Waals surface area contributed by atoms with Crippen molar-refractivity contribution < 1.29 is 9.18 Å². The Morgan fingerprint density at radius 1 is 1.44 bits per heavy atom. The molecule has 1 amide bonds. The van der Waals surface area contributed by atoms with Crippen LogP contribution in [0, 0.1) is 11.7 Å². The van der Waals surface area contributed by atoms with E-state index in [2.05, 4.69) is 12.2 Å². The number of carbonyl (C=O) groups is 1. The van der Waals surface area contributed by atoms with Crippen LogP contribution in [-0.4, -0.2) is 25.0 Å². The summed E-state index contributed by atoms with van der Waals surface area (Å²) in [6.07, 6.45) is 1.03. The average molecular weight is 250 g/mol. The second-order valence-corrected chi connectivity index (χ2v) is 4.76. The summed E-state index contributed by atoms with van der Waals surface area (Å²) in [7, 11) is 0. The molecular formula is C14H19FN2O. The van der Waals surface area contributed by atoms with Crippen LogP contribution in [0.1, 0.15) is 20.3 Å². The van der Waals surface area contributed by atoms with E-state index in [1.807, 2.05) is 6.92 Å². The fourth-order valence-corrected chi connectivity index (χ4v) is 2.42. The molecule has 98 valence electrons. The fraction of sp³-hybridized carbons (Fsp3) is 0.500. The SMILES string of the molecule is CCN(C(=O)C1NCCC1C)c1ccc(F)cc1. The third-order valence-corrected chi connectivity index (χ3v) is 3.52. The molecule has 1 aromatic rings. The van der Waals surface area contributed by atoms with Crippen LogP contribution in [0.2, 0.25) is 0 Å². The fourth-order valence-electron chi connectivity index (χ4n) is 2.42. The lowest BCUT2D eigenvalue weighted by Crippen LogP contribution is -2.46. The summed E-state index contributed by atoms with van der Waals surface area (Å²) in [5.74, 6) is 0.149. The Labute approximate surface area is 107 Å². The minimum absolute atomic E-state index is 0.0779.